The van der Waals surface area contributed by atoms with Crippen LogP contribution in [0.1, 0.15) is 11.3 Å². The number of carbonyl (C=O) groups excluding carboxylic acids is 1. The smallest absolute Gasteiger partial charge is 0.261 e. The van der Waals surface area contributed by atoms with Gasteiger partial charge in [-0.3, -0.25) is 14.2 Å². The van der Waals surface area contributed by atoms with Gasteiger partial charge in [0.05, 0.1) is 17.2 Å². The summed E-state index contributed by atoms with van der Waals surface area (Å²) in [6.45, 7) is 0.950. The quantitative estimate of drug-likeness (QED) is 0.755. The predicted octanol–water partition coefficient (Wildman–Crippen LogP) is 2.21. The molecule has 0 unspecified atom stereocenters. The minimum Gasteiger partial charge on any atom is -0.356 e. The van der Waals surface area contributed by atoms with E-state index in [9.17, 15) is 9.59 Å². The van der Waals surface area contributed by atoms with Crippen molar-refractivity contribution < 1.29 is 4.79 Å². The third-order valence-corrected chi connectivity index (χ3v) is 4.52. The molecule has 0 radical (unpaired) electrons. The first-order valence-corrected chi connectivity index (χ1v) is 8.35. The molecule has 1 aromatic carbocycles. The summed E-state index contributed by atoms with van der Waals surface area (Å²) in [5.74, 6) is -0.0541. The highest BCUT2D eigenvalue weighted by molar-refractivity contribution is 7.09. The third kappa shape index (κ3) is 3.84. The number of amides is 1. The van der Waals surface area contributed by atoms with Crippen molar-refractivity contribution in [2.24, 2.45) is 0 Å². The van der Waals surface area contributed by atoms with Crippen molar-refractivity contribution in [1.82, 2.24) is 14.9 Å². The monoisotopic (exact) mass is 327 g/mol. The molecule has 0 aliphatic carbocycles. The third-order valence-electron chi connectivity index (χ3n) is 3.58. The predicted molar refractivity (Wildman–Crippen MR) is 91.7 cm³/mol. The molecule has 0 atom stereocenters. The van der Waals surface area contributed by atoms with E-state index in [2.05, 4.69) is 16.4 Å². The zero-order valence-electron chi connectivity index (χ0n) is 12.6. The summed E-state index contributed by atoms with van der Waals surface area (Å²) in [6.07, 6.45) is 2.61. The summed E-state index contributed by atoms with van der Waals surface area (Å²) < 4.78 is 1.49. The molecule has 0 spiro atoms. The largest absolute Gasteiger partial charge is 0.356 e. The first-order valence-electron chi connectivity index (χ1n) is 7.47. The number of carbonyl (C=O) groups is 1. The molecule has 0 saturated carbocycles. The maximum absolute atomic E-state index is 12.3. The molecule has 0 aliphatic rings. The van der Waals surface area contributed by atoms with Gasteiger partial charge >= 0.3 is 0 Å². The number of nitrogens with zero attached hydrogens (tertiary/aromatic N) is 2. The van der Waals surface area contributed by atoms with E-state index in [0.29, 0.717) is 24.0 Å². The molecule has 0 bridgehead atoms. The number of para-hydroxylation sites is 1. The van der Waals surface area contributed by atoms with Crippen LogP contribution in [0, 0.1) is 0 Å². The van der Waals surface area contributed by atoms with E-state index in [4.69, 9.17) is 0 Å². The van der Waals surface area contributed by atoms with Gasteiger partial charge in [-0.15, -0.1) is 11.3 Å². The number of benzene rings is 1. The Kier molecular flexibility index (Phi) is 4.83. The van der Waals surface area contributed by atoms with Crippen LogP contribution in [-0.4, -0.2) is 22.0 Å². The maximum Gasteiger partial charge on any atom is 0.261 e. The number of hydrogen-bond donors (Lipinski definition) is 1. The van der Waals surface area contributed by atoms with Gasteiger partial charge in [0.1, 0.15) is 0 Å². The van der Waals surface area contributed by atoms with Crippen molar-refractivity contribution in [3.63, 3.8) is 0 Å². The van der Waals surface area contributed by atoms with Crippen molar-refractivity contribution in [2.75, 3.05) is 6.54 Å². The summed E-state index contributed by atoms with van der Waals surface area (Å²) in [6, 6.07) is 11.3. The molecule has 3 rings (SSSR count). The van der Waals surface area contributed by atoms with E-state index >= 15 is 0 Å². The lowest BCUT2D eigenvalue weighted by Crippen LogP contribution is -2.28. The zero-order chi connectivity index (χ0) is 16.1. The van der Waals surface area contributed by atoms with Crippen LogP contribution >= 0.6 is 11.3 Å². The average Bonchev–Trinajstić information content (AvgIpc) is 3.08. The van der Waals surface area contributed by atoms with E-state index in [-0.39, 0.29) is 17.9 Å². The summed E-state index contributed by atoms with van der Waals surface area (Å²) in [5, 5.41) is 5.48. The van der Waals surface area contributed by atoms with Gasteiger partial charge in [0.15, 0.2) is 0 Å². The van der Waals surface area contributed by atoms with E-state index in [1.165, 1.54) is 15.8 Å². The molecule has 1 N–H and O–H groups in total. The van der Waals surface area contributed by atoms with Gasteiger partial charge in [0.25, 0.3) is 5.56 Å². The Morgan fingerprint density at radius 3 is 2.91 bits per heavy atom. The second kappa shape index (κ2) is 7.19. The lowest BCUT2D eigenvalue weighted by molar-refractivity contribution is -0.121. The molecule has 3 aromatic rings. The topological polar surface area (TPSA) is 64.0 Å². The van der Waals surface area contributed by atoms with Crippen LogP contribution in [-0.2, 0) is 17.8 Å². The number of hydrogen-bond acceptors (Lipinski definition) is 4. The average molecular weight is 327 g/mol. The molecule has 0 aliphatic heterocycles. The summed E-state index contributed by atoms with van der Waals surface area (Å²) >= 11 is 1.68. The van der Waals surface area contributed by atoms with E-state index < -0.39 is 0 Å². The van der Waals surface area contributed by atoms with Gasteiger partial charge in [-0.2, -0.15) is 0 Å². The summed E-state index contributed by atoms with van der Waals surface area (Å²) in [7, 11) is 0. The van der Waals surface area contributed by atoms with Crippen LogP contribution in [0.25, 0.3) is 10.9 Å². The fourth-order valence-corrected chi connectivity index (χ4v) is 3.06. The van der Waals surface area contributed by atoms with E-state index in [1.807, 2.05) is 23.6 Å². The van der Waals surface area contributed by atoms with Crippen molar-refractivity contribution in [1.29, 1.82) is 0 Å². The second-order valence-corrected chi connectivity index (χ2v) is 6.22. The number of rotatable bonds is 6. The molecule has 0 saturated heterocycles. The minimum atomic E-state index is -0.109. The van der Waals surface area contributed by atoms with Crippen molar-refractivity contribution in [2.45, 2.75) is 19.4 Å². The lowest BCUT2D eigenvalue weighted by atomic mass is 10.2. The first-order chi connectivity index (χ1) is 11.2. The van der Waals surface area contributed by atoms with Gasteiger partial charge in [-0.1, -0.05) is 18.2 Å². The van der Waals surface area contributed by atoms with Crippen LogP contribution < -0.4 is 10.9 Å². The summed E-state index contributed by atoms with van der Waals surface area (Å²) in [5.41, 5.74) is 0.566. The molecule has 1 amide bonds. The van der Waals surface area contributed by atoms with Crippen LogP contribution in [0.15, 0.2) is 52.9 Å². The van der Waals surface area contributed by atoms with Crippen LogP contribution in [0.4, 0.5) is 0 Å². The zero-order valence-corrected chi connectivity index (χ0v) is 13.4. The minimum absolute atomic E-state index is 0.0541. The Labute approximate surface area is 137 Å². The summed E-state index contributed by atoms with van der Waals surface area (Å²) in [4.78, 5) is 29.7. The molecule has 6 heteroatoms. The van der Waals surface area contributed by atoms with E-state index in [1.54, 1.807) is 23.5 Å². The number of nitrogens with one attached hydrogen (secondary N) is 1. The Bertz CT molecular complexity index is 856. The Morgan fingerprint density at radius 1 is 1.22 bits per heavy atom. The van der Waals surface area contributed by atoms with E-state index in [0.717, 1.165) is 6.42 Å². The molecule has 0 fully saturated rings. The van der Waals surface area contributed by atoms with Gasteiger partial charge in [0.2, 0.25) is 5.91 Å². The Hall–Kier alpha value is -2.47. The second-order valence-electron chi connectivity index (χ2n) is 5.19. The van der Waals surface area contributed by atoms with Crippen LogP contribution in [0.2, 0.25) is 0 Å². The number of thiophene rings is 1. The molecule has 23 heavy (non-hydrogen) atoms. The molecular weight excluding hydrogens is 310 g/mol. The van der Waals surface area contributed by atoms with Crippen LogP contribution in [0.3, 0.4) is 0 Å². The number of fused-ring (bicyclic) bond motifs is 1. The lowest BCUT2D eigenvalue weighted by Gasteiger charge is -2.07. The molecule has 2 aromatic heterocycles. The molecular formula is C17H17N3O2S. The highest BCUT2D eigenvalue weighted by Crippen LogP contribution is 2.08. The highest BCUT2D eigenvalue weighted by Gasteiger charge is 2.06. The fraction of sp³-hybridized carbons (Fsp3) is 0.235. The normalized spacial score (nSPS) is 10.8. The molecule has 5 nitrogen and oxygen atoms in total. The highest BCUT2D eigenvalue weighted by atomic mass is 32.1. The van der Waals surface area contributed by atoms with Crippen molar-refractivity contribution in [3.05, 3.63) is 63.3 Å². The van der Waals surface area contributed by atoms with Crippen molar-refractivity contribution in [3.8, 4) is 0 Å². The van der Waals surface area contributed by atoms with Crippen LogP contribution in [0.5, 0.6) is 0 Å². The van der Waals surface area contributed by atoms with Crippen molar-refractivity contribution >= 4 is 28.1 Å². The standard InChI is InChI=1S/C17H17N3O2S/c21-16(18-9-7-13-4-3-11-23-13)8-10-20-12-19-15-6-2-1-5-14(15)17(20)22/h1-6,11-12H,7-10H2,(H,18,21). The van der Waals surface area contributed by atoms with Gasteiger partial charge in [-0.05, 0) is 30.0 Å². The van der Waals surface area contributed by atoms with Gasteiger partial charge in [-0.25, -0.2) is 4.98 Å². The molecule has 118 valence electrons. The number of aryl methyl sites for hydroxylation is 1. The maximum atomic E-state index is 12.3. The molecule has 2 heterocycles. The first kappa shape index (κ1) is 15.4. The Balaban J connectivity index is 1.54. The SMILES string of the molecule is O=C(CCn1cnc2ccccc2c1=O)NCCc1cccs1. The van der Waals surface area contributed by atoms with Gasteiger partial charge < -0.3 is 5.32 Å². The number of aromatic nitrogens is 2. The van der Waals surface area contributed by atoms with Gasteiger partial charge in [0, 0.05) is 24.4 Å². The Morgan fingerprint density at radius 2 is 2.09 bits per heavy atom. The fourth-order valence-electron chi connectivity index (χ4n) is 2.36.